The number of amides is 1. The number of hydrogen-bond donors (Lipinski definition) is 0. The molecule has 0 saturated carbocycles. The van der Waals surface area contributed by atoms with Gasteiger partial charge >= 0.3 is 5.97 Å². The largest absolute Gasteiger partial charge is 0.469 e. The molecule has 0 aromatic rings. The highest BCUT2D eigenvalue weighted by atomic mass is 16.5. The number of terminal acetylenes is 1. The molecular formula is C13H20N2O3. The summed E-state index contributed by atoms with van der Waals surface area (Å²) >= 11 is 0. The van der Waals surface area contributed by atoms with Crippen LogP contribution in [0, 0.1) is 12.3 Å². The first-order valence-corrected chi connectivity index (χ1v) is 6.17. The number of nitrogens with zero attached hydrogens (tertiary/aromatic N) is 2. The molecule has 1 heterocycles. The molecule has 18 heavy (non-hydrogen) atoms. The van der Waals surface area contributed by atoms with Gasteiger partial charge in [0.25, 0.3) is 0 Å². The Morgan fingerprint density at radius 1 is 1.22 bits per heavy atom. The Hall–Kier alpha value is -1.54. The van der Waals surface area contributed by atoms with Crippen molar-refractivity contribution in [3.8, 4) is 12.3 Å². The number of esters is 1. The molecule has 0 radical (unpaired) electrons. The number of piperazine rings is 1. The summed E-state index contributed by atoms with van der Waals surface area (Å²) in [6, 6.07) is 0. The summed E-state index contributed by atoms with van der Waals surface area (Å²) in [5, 5.41) is 0. The Kier molecular flexibility index (Phi) is 6.23. The van der Waals surface area contributed by atoms with Gasteiger partial charge in [-0.1, -0.05) is 5.92 Å². The van der Waals surface area contributed by atoms with Crippen molar-refractivity contribution in [1.29, 1.82) is 0 Å². The van der Waals surface area contributed by atoms with Crippen molar-refractivity contribution < 1.29 is 14.3 Å². The van der Waals surface area contributed by atoms with Gasteiger partial charge in [0, 0.05) is 39.0 Å². The van der Waals surface area contributed by atoms with Crippen LogP contribution in [0.15, 0.2) is 0 Å². The van der Waals surface area contributed by atoms with Crippen molar-refractivity contribution in [3.05, 3.63) is 0 Å². The fourth-order valence-corrected chi connectivity index (χ4v) is 1.93. The van der Waals surface area contributed by atoms with Gasteiger partial charge in [-0.3, -0.25) is 14.5 Å². The number of ether oxygens (including phenoxy) is 1. The average Bonchev–Trinajstić information content (AvgIpc) is 2.39. The number of rotatable bonds is 5. The minimum Gasteiger partial charge on any atom is -0.469 e. The van der Waals surface area contributed by atoms with E-state index in [0.29, 0.717) is 25.8 Å². The summed E-state index contributed by atoms with van der Waals surface area (Å²) < 4.78 is 4.53. The van der Waals surface area contributed by atoms with Crippen LogP contribution in [0.3, 0.4) is 0 Å². The van der Waals surface area contributed by atoms with Crippen molar-refractivity contribution in [2.24, 2.45) is 0 Å². The maximum atomic E-state index is 11.8. The van der Waals surface area contributed by atoms with E-state index in [9.17, 15) is 9.59 Å². The van der Waals surface area contributed by atoms with Crippen LogP contribution >= 0.6 is 0 Å². The molecule has 1 saturated heterocycles. The van der Waals surface area contributed by atoms with E-state index in [2.05, 4.69) is 15.6 Å². The second-order valence-electron chi connectivity index (χ2n) is 4.29. The lowest BCUT2D eigenvalue weighted by Crippen LogP contribution is -2.48. The summed E-state index contributed by atoms with van der Waals surface area (Å²) in [6.07, 6.45) is 6.51. The third kappa shape index (κ3) is 4.76. The fourth-order valence-electron chi connectivity index (χ4n) is 1.93. The van der Waals surface area contributed by atoms with Gasteiger partial charge in [0.2, 0.25) is 5.91 Å². The summed E-state index contributed by atoms with van der Waals surface area (Å²) in [7, 11) is 1.36. The molecule has 5 nitrogen and oxygen atoms in total. The lowest BCUT2D eigenvalue weighted by atomic mass is 10.2. The summed E-state index contributed by atoms with van der Waals surface area (Å²) in [5.74, 6) is 2.45. The molecule has 5 heteroatoms. The first-order valence-electron chi connectivity index (χ1n) is 6.17. The molecule has 1 amide bonds. The first kappa shape index (κ1) is 14.5. The van der Waals surface area contributed by atoms with Crippen molar-refractivity contribution in [2.45, 2.75) is 19.3 Å². The second kappa shape index (κ2) is 7.72. The molecule has 1 aliphatic rings. The van der Waals surface area contributed by atoms with E-state index in [-0.39, 0.29) is 11.9 Å². The van der Waals surface area contributed by atoms with Crippen molar-refractivity contribution in [2.75, 3.05) is 39.8 Å². The molecule has 1 fully saturated rings. The maximum absolute atomic E-state index is 11.8. The zero-order valence-corrected chi connectivity index (χ0v) is 10.9. The molecule has 0 aromatic heterocycles. The van der Waals surface area contributed by atoms with Crippen LogP contribution in [0.5, 0.6) is 0 Å². The maximum Gasteiger partial charge on any atom is 0.305 e. The van der Waals surface area contributed by atoms with E-state index < -0.39 is 0 Å². The Balaban J connectivity index is 2.20. The van der Waals surface area contributed by atoms with Gasteiger partial charge in [-0.15, -0.1) is 6.42 Å². The highest BCUT2D eigenvalue weighted by Crippen LogP contribution is 2.06. The molecule has 0 bridgehead atoms. The Labute approximate surface area is 108 Å². The summed E-state index contributed by atoms with van der Waals surface area (Å²) in [4.78, 5) is 26.7. The molecule has 1 rings (SSSR count). The number of carbonyl (C=O) groups is 2. The third-order valence-corrected chi connectivity index (χ3v) is 3.04. The zero-order valence-electron chi connectivity index (χ0n) is 10.9. The Morgan fingerprint density at radius 2 is 1.89 bits per heavy atom. The van der Waals surface area contributed by atoms with Gasteiger partial charge in [0.15, 0.2) is 0 Å². The van der Waals surface area contributed by atoms with E-state index >= 15 is 0 Å². The number of hydrogen-bond acceptors (Lipinski definition) is 4. The van der Waals surface area contributed by atoms with Gasteiger partial charge in [-0.2, -0.15) is 0 Å². The van der Waals surface area contributed by atoms with Crippen LogP contribution in [0.1, 0.15) is 19.3 Å². The van der Waals surface area contributed by atoms with Gasteiger partial charge in [0.1, 0.15) is 0 Å². The number of methoxy groups -OCH3 is 1. The molecule has 0 aromatic carbocycles. The van der Waals surface area contributed by atoms with E-state index in [1.54, 1.807) is 0 Å². The predicted molar refractivity (Wildman–Crippen MR) is 67.7 cm³/mol. The lowest BCUT2D eigenvalue weighted by molar-refractivity contribution is -0.141. The molecule has 1 aliphatic heterocycles. The van der Waals surface area contributed by atoms with Crippen LogP contribution in [0.4, 0.5) is 0 Å². The van der Waals surface area contributed by atoms with E-state index in [1.807, 2.05) is 4.90 Å². The van der Waals surface area contributed by atoms with Gasteiger partial charge in [-0.05, 0) is 6.42 Å². The first-order chi connectivity index (χ1) is 8.67. The topological polar surface area (TPSA) is 49.9 Å². The van der Waals surface area contributed by atoms with Gasteiger partial charge in [-0.25, -0.2) is 0 Å². The summed E-state index contributed by atoms with van der Waals surface area (Å²) in [6.45, 7) is 3.74. The quantitative estimate of drug-likeness (QED) is 0.514. The average molecular weight is 252 g/mol. The molecular weight excluding hydrogens is 232 g/mol. The Morgan fingerprint density at radius 3 is 2.44 bits per heavy atom. The minimum absolute atomic E-state index is 0.110. The standard InChI is InChI=1S/C13H20N2O3/c1-3-7-14-8-10-15(11-9-14)12(16)5-4-6-13(17)18-2/h1H,4-11H2,2H3. The van der Waals surface area contributed by atoms with Crippen molar-refractivity contribution in [1.82, 2.24) is 9.80 Å². The number of carbonyl (C=O) groups excluding carboxylic acids is 2. The fraction of sp³-hybridized carbons (Fsp3) is 0.692. The summed E-state index contributed by atoms with van der Waals surface area (Å²) in [5.41, 5.74) is 0. The predicted octanol–water partition coefficient (Wildman–Crippen LogP) is 0.107. The molecule has 0 unspecified atom stereocenters. The van der Waals surface area contributed by atoms with E-state index in [4.69, 9.17) is 6.42 Å². The highest BCUT2D eigenvalue weighted by molar-refractivity contribution is 5.77. The highest BCUT2D eigenvalue weighted by Gasteiger charge is 2.20. The van der Waals surface area contributed by atoms with Crippen LogP contribution in [0.2, 0.25) is 0 Å². The molecule has 0 spiro atoms. The van der Waals surface area contributed by atoms with Gasteiger partial charge in [0.05, 0.1) is 13.7 Å². The normalized spacial score (nSPS) is 16.1. The van der Waals surface area contributed by atoms with E-state index in [0.717, 1.165) is 26.2 Å². The van der Waals surface area contributed by atoms with E-state index in [1.165, 1.54) is 7.11 Å². The van der Waals surface area contributed by atoms with Crippen LogP contribution in [0.25, 0.3) is 0 Å². The second-order valence-corrected chi connectivity index (χ2v) is 4.29. The monoisotopic (exact) mass is 252 g/mol. The SMILES string of the molecule is C#CCN1CCN(C(=O)CCCC(=O)OC)CC1. The minimum atomic E-state index is -0.262. The van der Waals surface area contributed by atoms with Gasteiger partial charge < -0.3 is 9.64 Å². The van der Waals surface area contributed by atoms with Crippen molar-refractivity contribution in [3.63, 3.8) is 0 Å². The third-order valence-electron chi connectivity index (χ3n) is 3.04. The lowest BCUT2D eigenvalue weighted by Gasteiger charge is -2.33. The molecule has 0 aliphatic carbocycles. The van der Waals surface area contributed by atoms with Crippen LogP contribution in [-0.2, 0) is 14.3 Å². The van der Waals surface area contributed by atoms with Crippen molar-refractivity contribution >= 4 is 11.9 Å². The smallest absolute Gasteiger partial charge is 0.305 e. The Bertz CT molecular complexity index is 328. The molecule has 100 valence electrons. The zero-order chi connectivity index (χ0) is 13.4. The van der Waals surface area contributed by atoms with Crippen LogP contribution in [-0.4, -0.2) is 61.5 Å². The molecule has 0 N–H and O–H groups in total. The van der Waals surface area contributed by atoms with Crippen LogP contribution < -0.4 is 0 Å². The molecule has 0 atom stereocenters.